The van der Waals surface area contributed by atoms with Gasteiger partial charge in [-0.25, -0.2) is 0 Å². The molecule has 4 nitrogen and oxygen atoms in total. The van der Waals surface area contributed by atoms with Crippen LogP contribution in [0.3, 0.4) is 0 Å². The number of carbonyl (C=O) groups excluding carboxylic acids is 1. The maximum absolute atomic E-state index is 12.0. The minimum atomic E-state index is -0.0251. The molecule has 1 amide bonds. The fraction of sp³-hybridized carbons (Fsp3) is 0.562. The molecular weight excluding hydrogens is 254 g/mol. The second kappa shape index (κ2) is 7.29. The summed E-state index contributed by atoms with van der Waals surface area (Å²) in [6.45, 7) is 6.10. The van der Waals surface area contributed by atoms with Crippen LogP contribution in [-0.4, -0.2) is 31.8 Å². The van der Waals surface area contributed by atoms with E-state index in [4.69, 9.17) is 9.47 Å². The summed E-state index contributed by atoms with van der Waals surface area (Å²) in [5.74, 6) is 0.890. The molecule has 1 aromatic rings. The molecule has 0 spiro atoms. The molecule has 0 aliphatic carbocycles. The number of rotatable bonds is 6. The molecule has 0 radical (unpaired) electrons. The fourth-order valence-electron chi connectivity index (χ4n) is 2.20. The molecule has 0 atom stereocenters. The number of hydrogen-bond acceptors (Lipinski definition) is 3. The molecule has 0 saturated carbocycles. The first kappa shape index (κ1) is 14.9. The van der Waals surface area contributed by atoms with Crippen molar-refractivity contribution in [2.24, 2.45) is 0 Å². The molecule has 20 heavy (non-hydrogen) atoms. The average molecular weight is 277 g/mol. The summed E-state index contributed by atoms with van der Waals surface area (Å²) in [4.78, 5) is 12.0. The second-order valence-electron chi connectivity index (χ2n) is 5.30. The number of benzene rings is 1. The van der Waals surface area contributed by atoms with Crippen LogP contribution >= 0.6 is 0 Å². The zero-order valence-electron chi connectivity index (χ0n) is 12.3. The Bertz CT molecular complexity index is 457. The van der Waals surface area contributed by atoms with Crippen LogP contribution in [0.25, 0.3) is 0 Å². The molecule has 0 aromatic heterocycles. The van der Waals surface area contributed by atoms with Crippen LogP contribution in [0.1, 0.15) is 42.6 Å². The maximum Gasteiger partial charge on any atom is 0.251 e. The third kappa shape index (κ3) is 4.23. The largest absolute Gasteiger partial charge is 0.493 e. The van der Waals surface area contributed by atoms with E-state index in [-0.39, 0.29) is 12.0 Å². The van der Waals surface area contributed by atoms with E-state index < -0.39 is 0 Å². The van der Waals surface area contributed by atoms with Crippen molar-refractivity contribution >= 4 is 5.91 Å². The Hall–Kier alpha value is -1.55. The summed E-state index contributed by atoms with van der Waals surface area (Å²) in [6, 6.07) is 5.66. The predicted molar refractivity (Wildman–Crippen MR) is 78.3 cm³/mol. The van der Waals surface area contributed by atoms with Crippen molar-refractivity contribution in [2.75, 3.05) is 19.8 Å². The molecule has 4 heteroatoms. The first-order valence-electron chi connectivity index (χ1n) is 7.32. The number of fused-ring (bicyclic) bond motifs is 1. The van der Waals surface area contributed by atoms with Crippen molar-refractivity contribution in [1.82, 2.24) is 5.32 Å². The van der Waals surface area contributed by atoms with Crippen LogP contribution in [0.2, 0.25) is 0 Å². The van der Waals surface area contributed by atoms with Gasteiger partial charge in [0.25, 0.3) is 5.91 Å². The normalized spacial score (nSPS) is 13.8. The van der Waals surface area contributed by atoms with Crippen molar-refractivity contribution in [3.8, 4) is 5.75 Å². The highest BCUT2D eigenvalue weighted by Crippen LogP contribution is 2.25. The molecule has 0 fully saturated rings. The van der Waals surface area contributed by atoms with E-state index in [1.54, 1.807) is 0 Å². The highest BCUT2D eigenvalue weighted by molar-refractivity contribution is 5.94. The van der Waals surface area contributed by atoms with Gasteiger partial charge in [0.15, 0.2) is 0 Å². The maximum atomic E-state index is 12.0. The third-order valence-electron chi connectivity index (χ3n) is 3.23. The summed E-state index contributed by atoms with van der Waals surface area (Å²) in [7, 11) is 0. The van der Waals surface area contributed by atoms with Crippen LogP contribution < -0.4 is 10.1 Å². The zero-order chi connectivity index (χ0) is 14.4. The van der Waals surface area contributed by atoms with E-state index in [2.05, 4.69) is 5.32 Å². The Morgan fingerprint density at radius 2 is 2.30 bits per heavy atom. The molecule has 1 heterocycles. The SMILES string of the molecule is CC(C)OCCCNC(=O)c1ccc2c(c1)CCCO2. The summed E-state index contributed by atoms with van der Waals surface area (Å²) < 4.78 is 11.0. The lowest BCUT2D eigenvalue weighted by molar-refractivity contribution is 0.0757. The molecule has 1 aromatic carbocycles. The standard InChI is InChI=1S/C16H23NO3/c1-12(2)19-10-4-8-17-16(18)14-6-7-15-13(11-14)5-3-9-20-15/h6-7,11-12H,3-5,8-10H2,1-2H3,(H,17,18). The highest BCUT2D eigenvalue weighted by Gasteiger charge is 2.13. The number of amides is 1. The van der Waals surface area contributed by atoms with Gasteiger partial charge in [0.05, 0.1) is 12.7 Å². The number of carbonyl (C=O) groups is 1. The highest BCUT2D eigenvalue weighted by atomic mass is 16.5. The van der Waals surface area contributed by atoms with Crippen molar-refractivity contribution < 1.29 is 14.3 Å². The quantitative estimate of drug-likeness (QED) is 0.813. The molecule has 0 unspecified atom stereocenters. The molecule has 1 aliphatic heterocycles. The van der Waals surface area contributed by atoms with Gasteiger partial charge in [0, 0.05) is 18.7 Å². The molecule has 110 valence electrons. The molecule has 0 bridgehead atoms. The van der Waals surface area contributed by atoms with Gasteiger partial charge in [0.2, 0.25) is 0 Å². The monoisotopic (exact) mass is 277 g/mol. The summed E-state index contributed by atoms with van der Waals surface area (Å²) >= 11 is 0. The lowest BCUT2D eigenvalue weighted by Gasteiger charge is -2.17. The van der Waals surface area contributed by atoms with Gasteiger partial charge >= 0.3 is 0 Å². The van der Waals surface area contributed by atoms with E-state index in [0.717, 1.165) is 37.2 Å². The van der Waals surface area contributed by atoms with Gasteiger partial charge in [-0.3, -0.25) is 4.79 Å². The van der Waals surface area contributed by atoms with Gasteiger partial charge in [-0.1, -0.05) is 0 Å². The Labute approximate surface area is 120 Å². The Morgan fingerprint density at radius 3 is 3.10 bits per heavy atom. The topological polar surface area (TPSA) is 47.6 Å². The van der Waals surface area contributed by atoms with Gasteiger partial charge in [-0.2, -0.15) is 0 Å². The predicted octanol–water partition coefficient (Wildman–Crippen LogP) is 2.56. The Balaban J connectivity index is 1.80. The van der Waals surface area contributed by atoms with E-state index in [1.807, 2.05) is 32.0 Å². The number of nitrogens with one attached hydrogen (secondary N) is 1. The third-order valence-corrected chi connectivity index (χ3v) is 3.23. The van der Waals surface area contributed by atoms with Gasteiger partial charge in [-0.05, 0) is 56.9 Å². The van der Waals surface area contributed by atoms with Crippen LogP contribution in [0.5, 0.6) is 5.75 Å². The van der Waals surface area contributed by atoms with Crippen molar-refractivity contribution in [1.29, 1.82) is 0 Å². The molecule has 1 aliphatic rings. The first-order valence-corrected chi connectivity index (χ1v) is 7.32. The van der Waals surface area contributed by atoms with Crippen LogP contribution in [0.15, 0.2) is 18.2 Å². The van der Waals surface area contributed by atoms with E-state index in [1.165, 1.54) is 0 Å². The average Bonchev–Trinajstić information content (AvgIpc) is 2.46. The van der Waals surface area contributed by atoms with Crippen LogP contribution in [0.4, 0.5) is 0 Å². The van der Waals surface area contributed by atoms with Crippen molar-refractivity contribution in [3.05, 3.63) is 29.3 Å². The van der Waals surface area contributed by atoms with Gasteiger partial charge in [-0.15, -0.1) is 0 Å². The van der Waals surface area contributed by atoms with Gasteiger partial charge < -0.3 is 14.8 Å². The Kier molecular flexibility index (Phi) is 5.41. The second-order valence-corrected chi connectivity index (χ2v) is 5.30. The van der Waals surface area contributed by atoms with E-state index in [9.17, 15) is 4.79 Å². The summed E-state index contributed by atoms with van der Waals surface area (Å²) in [5.41, 5.74) is 1.84. The lowest BCUT2D eigenvalue weighted by atomic mass is 10.0. The van der Waals surface area contributed by atoms with Crippen molar-refractivity contribution in [3.63, 3.8) is 0 Å². The first-order chi connectivity index (χ1) is 9.66. The lowest BCUT2D eigenvalue weighted by Crippen LogP contribution is -2.25. The van der Waals surface area contributed by atoms with Gasteiger partial charge in [0.1, 0.15) is 5.75 Å². The number of ether oxygens (including phenoxy) is 2. The number of aryl methyl sites for hydroxylation is 1. The fourth-order valence-corrected chi connectivity index (χ4v) is 2.20. The minimum absolute atomic E-state index is 0.0251. The van der Waals surface area contributed by atoms with Crippen LogP contribution in [0, 0.1) is 0 Å². The molecule has 0 saturated heterocycles. The van der Waals surface area contributed by atoms with E-state index in [0.29, 0.717) is 18.7 Å². The molecule has 2 rings (SSSR count). The molecule has 1 N–H and O–H groups in total. The molecular formula is C16H23NO3. The minimum Gasteiger partial charge on any atom is -0.493 e. The zero-order valence-corrected chi connectivity index (χ0v) is 12.3. The Morgan fingerprint density at radius 1 is 1.45 bits per heavy atom. The number of hydrogen-bond donors (Lipinski definition) is 1. The smallest absolute Gasteiger partial charge is 0.251 e. The van der Waals surface area contributed by atoms with E-state index >= 15 is 0 Å². The van der Waals surface area contributed by atoms with Crippen molar-refractivity contribution in [2.45, 2.75) is 39.2 Å². The summed E-state index contributed by atoms with van der Waals surface area (Å²) in [5, 5.41) is 2.92. The summed E-state index contributed by atoms with van der Waals surface area (Å²) in [6.07, 6.45) is 3.08. The van der Waals surface area contributed by atoms with Crippen LogP contribution in [-0.2, 0) is 11.2 Å².